The van der Waals surface area contributed by atoms with Gasteiger partial charge in [0.15, 0.2) is 5.82 Å². The van der Waals surface area contributed by atoms with Crippen LogP contribution < -0.4 is 0 Å². The highest BCUT2D eigenvalue weighted by Gasteiger charge is 2.12. The van der Waals surface area contributed by atoms with Gasteiger partial charge in [0.2, 0.25) is 5.69 Å². The van der Waals surface area contributed by atoms with Gasteiger partial charge in [0.1, 0.15) is 5.82 Å². The van der Waals surface area contributed by atoms with Gasteiger partial charge in [-0.05, 0) is 23.8 Å². The van der Waals surface area contributed by atoms with Gasteiger partial charge in [-0.2, -0.15) is 0 Å². The standard InChI is InChI=1S/C23H14FN3/c1-25-22-14-18(12-13-19(22)24)21-15-20(16-8-4-2-5-9-16)26-23(27-21)17-10-6-3-7-11-17/h2-15H. The SMILES string of the molecule is [C-]#[N+]c1cc(-c2cc(-c3ccccc3)nc(-c3ccccc3)n2)ccc1F. The third-order valence-corrected chi connectivity index (χ3v) is 4.19. The summed E-state index contributed by atoms with van der Waals surface area (Å²) in [5, 5.41) is 0. The van der Waals surface area contributed by atoms with Crippen molar-refractivity contribution in [3.05, 3.63) is 102 Å². The second-order valence-electron chi connectivity index (χ2n) is 5.97. The molecule has 0 spiro atoms. The Kier molecular flexibility index (Phi) is 4.42. The lowest BCUT2D eigenvalue weighted by Gasteiger charge is -2.09. The van der Waals surface area contributed by atoms with Crippen molar-refractivity contribution >= 4 is 5.69 Å². The predicted molar refractivity (Wildman–Crippen MR) is 105 cm³/mol. The molecule has 0 aliphatic rings. The third-order valence-electron chi connectivity index (χ3n) is 4.19. The molecule has 0 bridgehead atoms. The summed E-state index contributed by atoms with van der Waals surface area (Å²) in [4.78, 5) is 12.6. The van der Waals surface area contributed by atoms with Gasteiger partial charge in [-0.1, -0.05) is 66.7 Å². The summed E-state index contributed by atoms with van der Waals surface area (Å²) in [5.41, 5.74) is 3.93. The van der Waals surface area contributed by atoms with Crippen molar-refractivity contribution in [2.45, 2.75) is 0 Å². The van der Waals surface area contributed by atoms with Gasteiger partial charge in [-0.3, -0.25) is 0 Å². The van der Waals surface area contributed by atoms with Crippen LogP contribution in [0.4, 0.5) is 10.1 Å². The molecule has 4 heteroatoms. The molecular weight excluding hydrogens is 337 g/mol. The molecule has 3 nitrogen and oxygen atoms in total. The molecule has 0 amide bonds. The molecule has 0 radical (unpaired) electrons. The Hall–Kier alpha value is -3.84. The summed E-state index contributed by atoms with van der Waals surface area (Å²) in [6, 6.07) is 25.8. The number of rotatable bonds is 3. The van der Waals surface area contributed by atoms with Crippen LogP contribution in [0, 0.1) is 12.4 Å². The predicted octanol–water partition coefficient (Wildman–Crippen LogP) is 6.17. The Labute approximate surface area is 156 Å². The fourth-order valence-electron chi connectivity index (χ4n) is 2.83. The molecule has 1 heterocycles. The third kappa shape index (κ3) is 3.44. The van der Waals surface area contributed by atoms with E-state index in [2.05, 4.69) is 9.83 Å². The van der Waals surface area contributed by atoms with Crippen molar-refractivity contribution in [2.75, 3.05) is 0 Å². The van der Waals surface area contributed by atoms with E-state index in [1.807, 2.05) is 66.7 Å². The molecule has 3 aromatic carbocycles. The molecule has 1 aromatic heterocycles. The first kappa shape index (κ1) is 16.6. The van der Waals surface area contributed by atoms with Crippen LogP contribution in [0.15, 0.2) is 84.9 Å². The Morgan fingerprint density at radius 2 is 1.26 bits per heavy atom. The molecule has 0 saturated heterocycles. The zero-order valence-electron chi connectivity index (χ0n) is 14.3. The van der Waals surface area contributed by atoms with Crippen molar-refractivity contribution in [1.82, 2.24) is 9.97 Å². The minimum Gasteiger partial charge on any atom is -0.235 e. The average molecular weight is 351 g/mol. The zero-order valence-corrected chi connectivity index (χ0v) is 14.3. The minimum atomic E-state index is -0.533. The molecule has 0 fully saturated rings. The highest BCUT2D eigenvalue weighted by molar-refractivity contribution is 5.73. The molecule has 4 rings (SSSR count). The lowest BCUT2D eigenvalue weighted by Crippen LogP contribution is -1.95. The first-order valence-corrected chi connectivity index (χ1v) is 8.42. The summed E-state index contributed by atoms with van der Waals surface area (Å²) < 4.78 is 13.7. The summed E-state index contributed by atoms with van der Waals surface area (Å²) in [6.45, 7) is 7.15. The van der Waals surface area contributed by atoms with Gasteiger partial charge in [-0.15, -0.1) is 0 Å². The highest BCUT2D eigenvalue weighted by Crippen LogP contribution is 2.30. The van der Waals surface area contributed by atoms with Crippen LogP contribution in [-0.4, -0.2) is 9.97 Å². The second kappa shape index (κ2) is 7.19. The average Bonchev–Trinajstić information content (AvgIpc) is 2.75. The van der Waals surface area contributed by atoms with Crippen LogP contribution in [0.3, 0.4) is 0 Å². The molecule has 0 atom stereocenters. The molecule has 0 aliphatic carbocycles. The van der Waals surface area contributed by atoms with E-state index >= 15 is 0 Å². The maximum atomic E-state index is 13.7. The lowest BCUT2D eigenvalue weighted by molar-refractivity contribution is 0.634. The van der Waals surface area contributed by atoms with E-state index in [0.29, 0.717) is 17.1 Å². The van der Waals surface area contributed by atoms with Gasteiger partial charge < -0.3 is 0 Å². The van der Waals surface area contributed by atoms with E-state index in [4.69, 9.17) is 11.6 Å². The maximum absolute atomic E-state index is 13.7. The van der Waals surface area contributed by atoms with Gasteiger partial charge in [0, 0.05) is 11.1 Å². The van der Waals surface area contributed by atoms with E-state index in [1.54, 1.807) is 6.07 Å². The number of hydrogen-bond acceptors (Lipinski definition) is 2. The van der Waals surface area contributed by atoms with Gasteiger partial charge in [0.25, 0.3) is 0 Å². The fourth-order valence-corrected chi connectivity index (χ4v) is 2.83. The highest BCUT2D eigenvalue weighted by atomic mass is 19.1. The summed E-state index contributed by atoms with van der Waals surface area (Å²) in [6.07, 6.45) is 0. The Balaban J connectivity index is 1.93. The topological polar surface area (TPSA) is 30.1 Å². The molecule has 0 N–H and O–H groups in total. The monoisotopic (exact) mass is 351 g/mol. The van der Waals surface area contributed by atoms with Crippen molar-refractivity contribution in [2.24, 2.45) is 0 Å². The second-order valence-corrected chi connectivity index (χ2v) is 5.97. The number of aromatic nitrogens is 2. The molecular formula is C23H14FN3. The van der Waals surface area contributed by atoms with Crippen molar-refractivity contribution in [3.8, 4) is 33.9 Å². The fraction of sp³-hybridized carbons (Fsp3) is 0. The van der Waals surface area contributed by atoms with E-state index in [9.17, 15) is 4.39 Å². The number of hydrogen-bond donors (Lipinski definition) is 0. The van der Waals surface area contributed by atoms with Crippen molar-refractivity contribution in [1.29, 1.82) is 0 Å². The Bertz CT molecular complexity index is 1080. The molecule has 27 heavy (non-hydrogen) atoms. The quantitative estimate of drug-likeness (QED) is 0.413. The van der Waals surface area contributed by atoms with Crippen molar-refractivity contribution in [3.63, 3.8) is 0 Å². The molecule has 0 aliphatic heterocycles. The van der Waals surface area contributed by atoms with Crippen LogP contribution in [-0.2, 0) is 0 Å². The Morgan fingerprint density at radius 1 is 0.667 bits per heavy atom. The van der Waals surface area contributed by atoms with Gasteiger partial charge >= 0.3 is 0 Å². The van der Waals surface area contributed by atoms with E-state index in [1.165, 1.54) is 12.1 Å². The van der Waals surface area contributed by atoms with Gasteiger partial charge in [0.05, 0.1) is 18.0 Å². The number of benzene rings is 3. The van der Waals surface area contributed by atoms with Crippen LogP contribution in [0.1, 0.15) is 0 Å². The first-order valence-electron chi connectivity index (χ1n) is 8.42. The molecule has 0 saturated carbocycles. The smallest absolute Gasteiger partial charge is 0.222 e. The number of nitrogens with zero attached hydrogens (tertiary/aromatic N) is 3. The Morgan fingerprint density at radius 3 is 1.89 bits per heavy atom. The minimum absolute atomic E-state index is 0.0198. The summed E-state index contributed by atoms with van der Waals surface area (Å²) in [5.74, 6) is 0.0509. The van der Waals surface area contributed by atoms with Crippen LogP contribution in [0.2, 0.25) is 0 Å². The summed E-state index contributed by atoms with van der Waals surface area (Å²) in [7, 11) is 0. The molecule has 0 unspecified atom stereocenters. The van der Waals surface area contributed by atoms with Crippen LogP contribution in [0.25, 0.3) is 38.7 Å². The van der Waals surface area contributed by atoms with Gasteiger partial charge in [-0.25, -0.2) is 19.2 Å². The normalized spacial score (nSPS) is 10.4. The largest absolute Gasteiger partial charge is 0.235 e. The van der Waals surface area contributed by atoms with Crippen LogP contribution >= 0.6 is 0 Å². The van der Waals surface area contributed by atoms with Crippen LogP contribution in [0.5, 0.6) is 0 Å². The van der Waals surface area contributed by atoms with E-state index in [0.717, 1.165) is 16.8 Å². The van der Waals surface area contributed by atoms with Crippen molar-refractivity contribution < 1.29 is 4.39 Å². The number of halogens is 1. The molecule has 128 valence electrons. The first-order chi connectivity index (χ1) is 13.2. The zero-order chi connectivity index (χ0) is 18.6. The van der Waals surface area contributed by atoms with E-state index in [-0.39, 0.29) is 5.69 Å². The summed E-state index contributed by atoms with van der Waals surface area (Å²) >= 11 is 0. The lowest BCUT2D eigenvalue weighted by atomic mass is 10.1. The molecule has 4 aromatic rings. The maximum Gasteiger partial charge on any atom is 0.222 e. The van der Waals surface area contributed by atoms with E-state index < -0.39 is 5.82 Å².